The lowest BCUT2D eigenvalue weighted by atomic mass is 10.2. The number of hydrogen-bond donors (Lipinski definition) is 0. The highest BCUT2D eigenvalue weighted by atomic mass is 79.9. The van der Waals surface area contributed by atoms with Crippen LogP contribution in [0, 0.1) is 6.92 Å². The van der Waals surface area contributed by atoms with E-state index in [1.165, 1.54) is 11.3 Å². The summed E-state index contributed by atoms with van der Waals surface area (Å²) in [5, 5.41) is 0. The van der Waals surface area contributed by atoms with Gasteiger partial charge in [0.2, 0.25) is 0 Å². The zero-order valence-electron chi connectivity index (χ0n) is 12.0. The van der Waals surface area contributed by atoms with Crippen LogP contribution < -0.4 is 4.90 Å². The van der Waals surface area contributed by atoms with Gasteiger partial charge in [0, 0.05) is 29.1 Å². The SMILES string of the molecule is CCN(c1cccc(C)c1)c1ccnc2cc(Br)cnc12. The number of fused-ring (bicyclic) bond motifs is 1. The predicted molar refractivity (Wildman–Crippen MR) is 91.1 cm³/mol. The van der Waals surface area contributed by atoms with Gasteiger partial charge in [-0.15, -0.1) is 0 Å². The van der Waals surface area contributed by atoms with Crippen LogP contribution >= 0.6 is 15.9 Å². The summed E-state index contributed by atoms with van der Waals surface area (Å²) in [5.41, 5.74) is 5.33. The van der Waals surface area contributed by atoms with Gasteiger partial charge in [0.05, 0.1) is 11.2 Å². The Kier molecular flexibility index (Phi) is 3.88. The minimum absolute atomic E-state index is 0.875. The summed E-state index contributed by atoms with van der Waals surface area (Å²) in [6, 6.07) is 12.5. The molecule has 1 aromatic carbocycles. The van der Waals surface area contributed by atoms with Crippen LogP contribution in [0.25, 0.3) is 11.0 Å². The summed E-state index contributed by atoms with van der Waals surface area (Å²) in [6.45, 7) is 5.13. The van der Waals surface area contributed by atoms with Gasteiger partial charge >= 0.3 is 0 Å². The van der Waals surface area contributed by atoms with Crippen molar-refractivity contribution in [1.29, 1.82) is 0 Å². The number of benzene rings is 1. The summed E-state index contributed by atoms with van der Waals surface area (Å²) in [4.78, 5) is 11.2. The van der Waals surface area contributed by atoms with Crippen molar-refractivity contribution in [2.24, 2.45) is 0 Å². The molecule has 0 radical (unpaired) electrons. The molecule has 0 saturated carbocycles. The first-order valence-electron chi connectivity index (χ1n) is 6.93. The lowest BCUT2D eigenvalue weighted by Crippen LogP contribution is -2.16. The Labute approximate surface area is 132 Å². The van der Waals surface area contributed by atoms with Crippen LogP contribution in [0.15, 0.2) is 53.3 Å². The maximum Gasteiger partial charge on any atom is 0.112 e. The molecule has 0 spiro atoms. The second-order valence-electron chi connectivity index (χ2n) is 4.93. The van der Waals surface area contributed by atoms with Crippen molar-refractivity contribution in [2.45, 2.75) is 13.8 Å². The molecule has 3 rings (SSSR count). The fourth-order valence-corrected chi connectivity index (χ4v) is 2.82. The Morgan fingerprint density at radius 3 is 2.76 bits per heavy atom. The van der Waals surface area contributed by atoms with Crippen molar-refractivity contribution >= 4 is 38.3 Å². The highest BCUT2D eigenvalue weighted by Crippen LogP contribution is 2.31. The normalized spacial score (nSPS) is 10.8. The number of nitrogens with zero attached hydrogens (tertiary/aromatic N) is 3. The lowest BCUT2D eigenvalue weighted by Gasteiger charge is -2.24. The van der Waals surface area contributed by atoms with Crippen LogP contribution in [0.3, 0.4) is 0 Å². The maximum absolute atomic E-state index is 4.55. The molecule has 21 heavy (non-hydrogen) atoms. The summed E-state index contributed by atoms with van der Waals surface area (Å²) < 4.78 is 0.943. The van der Waals surface area contributed by atoms with E-state index in [4.69, 9.17) is 0 Å². The third-order valence-corrected chi connectivity index (χ3v) is 3.88. The van der Waals surface area contributed by atoms with E-state index in [2.05, 4.69) is 68.9 Å². The van der Waals surface area contributed by atoms with Crippen molar-refractivity contribution < 1.29 is 0 Å². The highest BCUT2D eigenvalue weighted by molar-refractivity contribution is 9.10. The minimum Gasteiger partial charge on any atom is -0.340 e. The molecule has 4 heteroatoms. The van der Waals surface area contributed by atoms with E-state index in [-0.39, 0.29) is 0 Å². The zero-order chi connectivity index (χ0) is 14.8. The molecule has 0 fully saturated rings. The number of aryl methyl sites for hydroxylation is 1. The standard InChI is InChI=1S/C17H16BrN3/c1-3-21(14-6-4-5-12(2)9-14)16-7-8-19-15-10-13(18)11-20-17(15)16/h4-11H,3H2,1-2H3. The Morgan fingerprint density at radius 2 is 2.00 bits per heavy atom. The maximum atomic E-state index is 4.55. The van der Waals surface area contributed by atoms with Gasteiger partial charge in [-0.05, 0) is 59.6 Å². The monoisotopic (exact) mass is 341 g/mol. The number of rotatable bonds is 3. The summed E-state index contributed by atoms with van der Waals surface area (Å²) >= 11 is 3.45. The van der Waals surface area contributed by atoms with Crippen LogP contribution in [0.4, 0.5) is 11.4 Å². The average molecular weight is 342 g/mol. The van der Waals surface area contributed by atoms with Crippen LogP contribution in [0.1, 0.15) is 12.5 Å². The number of halogens is 1. The first-order chi connectivity index (χ1) is 10.2. The Hall–Kier alpha value is -1.94. The second-order valence-corrected chi connectivity index (χ2v) is 5.85. The van der Waals surface area contributed by atoms with Crippen molar-refractivity contribution in [3.8, 4) is 0 Å². The molecule has 3 nitrogen and oxygen atoms in total. The molecule has 0 amide bonds. The van der Waals surface area contributed by atoms with Crippen LogP contribution in [0.5, 0.6) is 0 Å². The molecule has 0 saturated heterocycles. The van der Waals surface area contributed by atoms with E-state index < -0.39 is 0 Å². The van der Waals surface area contributed by atoms with E-state index >= 15 is 0 Å². The molecule has 0 aliphatic carbocycles. The van der Waals surface area contributed by atoms with E-state index in [1.807, 2.05) is 24.5 Å². The molecule has 2 aromatic heterocycles. The smallest absolute Gasteiger partial charge is 0.112 e. The van der Waals surface area contributed by atoms with Crippen LogP contribution in [-0.4, -0.2) is 16.5 Å². The van der Waals surface area contributed by atoms with Crippen molar-refractivity contribution in [3.63, 3.8) is 0 Å². The quantitative estimate of drug-likeness (QED) is 0.681. The number of hydrogen-bond acceptors (Lipinski definition) is 3. The van der Waals surface area contributed by atoms with Gasteiger partial charge in [0.25, 0.3) is 0 Å². The molecular formula is C17H16BrN3. The van der Waals surface area contributed by atoms with Gasteiger partial charge in [0.1, 0.15) is 5.52 Å². The van der Waals surface area contributed by atoms with Gasteiger partial charge < -0.3 is 4.90 Å². The molecule has 0 aliphatic heterocycles. The van der Waals surface area contributed by atoms with E-state index in [1.54, 1.807) is 0 Å². The summed E-state index contributed by atoms with van der Waals surface area (Å²) in [7, 11) is 0. The predicted octanol–water partition coefficient (Wildman–Crippen LogP) is 4.86. The van der Waals surface area contributed by atoms with Crippen molar-refractivity contribution in [1.82, 2.24) is 9.97 Å². The Bertz CT molecular complexity index is 786. The number of pyridine rings is 2. The van der Waals surface area contributed by atoms with Crippen LogP contribution in [0.2, 0.25) is 0 Å². The Balaban J connectivity index is 2.17. The lowest BCUT2D eigenvalue weighted by molar-refractivity contribution is 1.02. The third-order valence-electron chi connectivity index (χ3n) is 3.44. The number of anilines is 2. The molecule has 0 atom stereocenters. The molecule has 3 aromatic rings. The Morgan fingerprint density at radius 1 is 1.14 bits per heavy atom. The topological polar surface area (TPSA) is 29.0 Å². The van der Waals surface area contributed by atoms with E-state index in [0.29, 0.717) is 0 Å². The summed E-state index contributed by atoms with van der Waals surface area (Å²) in [6.07, 6.45) is 3.65. The zero-order valence-corrected chi connectivity index (χ0v) is 13.6. The van der Waals surface area contributed by atoms with Gasteiger partial charge in [-0.2, -0.15) is 0 Å². The molecule has 106 valence electrons. The fourth-order valence-electron chi connectivity index (χ4n) is 2.50. The van der Waals surface area contributed by atoms with E-state index in [9.17, 15) is 0 Å². The fraction of sp³-hybridized carbons (Fsp3) is 0.176. The second kappa shape index (κ2) is 5.82. The van der Waals surface area contributed by atoms with Gasteiger partial charge in [-0.3, -0.25) is 9.97 Å². The molecule has 0 aliphatic rings. The minimum atomic E-state index is 0.875. The van der Waals surface area contributed by atoms with E-state index in [0.717, 1.165) is 27.7 Å². The largest absolute Gasteiger partial charge is 0.340 e. The molecule has 0 unspecified atom stereocenters. The van der Waals surface area contributed by atoms with Gasteiger partial charge in [-0.1, -0.05) is 12.1 Å². The average Bonchev–Trinajstić information content (AvgIpc) is 2.48. The first-order valence-corrected chi connectivity index (χ1v) is 7.73. The molecule has 2 heterocycles. The van der Waals surface area contributed by atoms with Gasteiger partial charge in [0.15, 0.2) is 0 Å². The highest BCUT2D eigenvalue weighted by Gasteiger charge is 2.12. The summed E-state index contributed by atoms with van der Waals surface area (Å²) in [5.74, 6) is 0. The molecular weight excluding hydrogens is 326 g/mol. The van der Waals surface area contributed by atoms with Crippen molar-refractivity contribution in [2.75, 3.05) is 11.4 Å². The molecule has 0 N–H and O–H groups in total. The van der Waals surface area contributed by atoms with Gasteiger partial charge in [-0.25, -0.2) is 0 Å². The first kappa shape index (κ1) is 14.0. The number of aromatic nitrogens is 2. The molecule has 0 bridgehead atoms. The van der Waals surface area contributed by atoms with Crippen molar-refractivity contribution in [3.05, 3.63) is 58.8 Å². The van der Waals surface area contributed by atoms with Crippen LogP contribution in [-0.2, 0) is 0 Å². The third kappa shape index (κ3) is 2.76.